The summed E-state index contributed by atoms with van der Waals surface area (Å²) < 4.78 is 1.90. The molecule has 142 valence electrons. The van der Waals surface area contributed by atoms with Gasteiger partial charge >= 0.3 is 0 Å². The largest absolute Gasteiger partial charge is 0.357 e. The van der Waals surface area contributed by atoms with E-state index in [0.717, 1.165) is 41.0 Å². The molecule has 2 aromatic heterocycles. The van der Waals surface area contributed by atoms with Crippen LogP contribution in [0.5, 0.6) is 0 Å². The summed E-state index contributed by atoms with van der Waals surface area (Å²) in [6.45, 7) is 8.10. The molecule has 7 nitrogen and oxygen atoms in total. The van der Waals surface area contributed by atoms with Gasteiger partial charge in [-0.1, -0.05) is 30.3 Å². The Kier molecular flexibility index (Phi) is 5.90. The number of H-pyrrole nitrogens is 1. The summed E-state index contributed by atoms with van der Waals surface area (Å²) in [5, 5.41) is 11.1. The predicted molar refractivity (Wildman–Crippen MR) is 108 cm³/mol. The fraction of sp³-hybridized carbons (Fsp3) is 0.350. The van der Waals surface area contributed by atoms with Crippen LogP contribution in [0.3, 0.4) is 0 Å². The van der Waals surface area contributed by atoms with Crippen molar-refractivity contribution in [1.29, 1.82) is 0 Å². The van der Waals surface area contributed by atoms with Crippen molar-refractivity contribution in [2.75, 3.05) is 6.54 Å². The molecule has 0 unspecified atom stereocenters. The zero-order valence-corrected chi connectivity index (χ0v) is 16.4. The molecule has 7 heteroatoms. The second-order valence-electron chi connectivity index (χ2n) is 6.43. The van der Waals surface area contributed by atoms with E-state index in [1.54, 1.807) is 0 Å². The lowest BCUT2D eigenvalue weighted by Crippen LogP contribution is -2.37. The molecule has 0 bridgehead atoms. The van der Waals surface area contributed by atoms with Crippen molar-refractivity contribution in [3.05, 3.63) is 59.3 Å². The van der Waals surface area contributed by atoms with Gasteiger partial charge in [-0.25, -0.2) is 9.98 Å². The van der Waals surface area contributed by atoms with Crippen molar-refractivity contribution < 1.29 is 0 Å². The van der Waals surface area contributed by atoms with E-state index in [1.807, 2.05) is 43.0 Å². The minimum Gasteiger partial charge on any atom is -0.357 e. The quantitative estimate of drug-likeness (QED) is 0.463. The Morgan fingerprint density at radius 2 is 1.96 bits per heavy atom. The summed E-state index contributed by atoms with van der Waals surface area (Å²) in [6, 6.07) is 10.2. The van der Waals surface area contributed by atoms with E-state index >= 15 is 0 Å². The molecular formula is C20H27N7. The van der Waals surface area contributed by atoms with Crippen molar-refractivity contribution in [2.45, 2.75) is 33.9 Å². The Labute approximate surface area is 159 Å². The Morgan fingerprint density at radius 3 is 2.63 bits per heavy atom. The highest BCUT2D eigenvalue weighted by atomic mass is 15.3. The Balaban J connectivity index is 1.65. The van der Waals surface area contributed by atoms with E-state index in [4.69, 9.17) is 4.99 Å². The van der Waals surface area contributed by atoms with Gasteiger partial charge in [0.25, 0.3) is 0 Å². The Morgan fingerprint density at radius 1 is 1.19 bits per heavy atom. The summed E-state index contributed by atoms with van der Waals surface area (Å²) in [5.74, 6) is 1.63. The monoisotopic (exact) mass is 365 g/mol. The third kappa shape index (κ3) is 4.55. The first-order valence-corrected chi connectivity index (χ1v) is 9.19. The van der Waals surface area contributed by atoms with Crippen LogP contribution >= 0.6 is 0 Å². The molecule has 0 saturated heterocycles. The second-order valence-corrected chi connectivity index (χ2v) is 6.43. The van der Waals surface area contributed by atoms with Crippen LogP contribution in [0, 0.1) is 13.8 Å². The van der Waals surface area contributed by atoms with Crippen LogP contribution in [0.4, 0.5) is 0 Å². The summed E-state index contributed by atoms with van der Waals surface area (Å²) >= 11 is 0. The van der Waals surface area contributed by atoms with Crippen LogP contribution in [0.15, 0.2) is 41.5 Å². The van der Waals surface area contributed by atoms with E-state index in [2.05, 4.69) is 51.7 Å². The molecule has 0 amide bonds. The fourth-order valence-electron chi connectivity index (χ4n) is 2.93. The second kappa shape index (κ2) is 8.53. The number of benzene rings is 1. The molecule has 1 aromatic carbocycles. The van der Waals surface area contributed by atoms with Crippen LogP contribution in [-0.4, -0.2) is 32.3 Å². The minimum atomic E-state index is 0.573. The lowest BCUT2D eigenvalue weighted by molar-refractivity contribution is 0.729. The number of hydrogen-bond acceptors (Lipinski definition) is 3. The molecule has 3 aromatic rings. The number of aromatic amines is 1. The first-order chi connectivity index (χ1) is 13.1. The van der Waals surface area contributed by atoms with Crippen LogP contribution in [0.2, 0.25) is 0 Å². The van der Waals surface area contributed by atoms with Crippen molar-refractivity contribution in [1.82, 2.24) is 30.4 Å². The zero-order valence-electron chi connectivity index (χ0n) is 16.4. The molecule has 2 heterocycles. The van der Waals surface area contributed by atoms with Gasteiger partial charge in [0.05, 0.1) is 30.7 Å². The molecule has 3 rings (SSSR count). The highest BCUT2D eigenvalue weighted by Gasteiger charge is 2.09. The lowest BCUT2D eigenvalue weighted by atomic mass is 10.2. The standard InChI is InChI=1S/C20H27N7/c1-5-21-20(23-11-17-14(2)26-27(4)15(17)3)24-13-19-22-12-18(25-19)16-9-7-6-8-10-16/h6-10,12H,5,11,13H2,1-4H3,(H,22,25)(H2,21,23,24). The number of hydrogen-bond donors (Lipinski definition) is 3. The number of aromatic nitrogens is 4. The molecule has 0 aliphatic heterocycles. The average Bonchev–Trinajstić information content (AvgIpc) is 3.24. The smallest absolute Gasteiger partial charge is 0.191 e. The van der Waals surface area contributed by atoms with E-state index < -0.39 is 0 Å². The molecule has 0 spiro atoms. The number of aryl methyl sites for hydroxylation is 2. The highest BCUT2D eigenvalue weighted by molar-refractivity contribution is 5.79. The molecule has 27 heavy (non-hydrogen) atoms. The van der Waals surface area contributed by atoms with Crippen LogP contribution in [-0.2, 0) is 20.1 Å². The normalized spacial score (nSPS) is 11.6. The van der Waals surface area contributed by atoms with Gasteiger partial charge in [-0.3, -0.25) is 4.68 Å². The van der Waals surface area contributed by atoms with Crippen molar-refractivity contribution in [3.8, 4) is 11.3 Å². The summed E-state index contributed by atoms with van der Waals surface area (Å²) in [5.41, 5.74) is 5.47. The first kappa shape index (κ1) is 18.7. The van der Waals surface area contributed by atoms with Crippen molar-refractivity contribution >= 4 is 5.96 Å². The van der Waals surface area contributed by atoms with Gasteiger partial charge in [0.1, 0.15) is 5.82 Å². The number of guanidine groups is 1. The number of nitrogens with one attached hydrogen (secondary N) is 3. The summed E-state index contributed by atoms with van der Waals surface area (Å²) in [6.07, 6.45) is 1.86. The first-order valence-electron chi connectivity index (χ1n) is 9.19. The molecule has 3 N–H and O–H groups in total. The van der Waals surface area contributed by atoms with Gasteiger partial charge in [-0.15, -0.1) is 0 Å². The van der Waals surface area contributed by atoms with Crippen molar-refractivity contribution in [3.63, 3.8) is 0 Å². The maximum atomic E-state index is 4.70. The number of aliphatic imine (C=N–C) groups is 1. The van der Waals surface area contributed by atoms with Gasteiger partial charge in [-0.2, -0.15) is 5.10 Å². The molecule has 0 aliphatic rings. The van der Waals surface area contributed by atoms with Crippen LogP contribution in [0.25, 0.3) is 11.3 Å². The highest BCUT2D eigenvalue weighted by Crippen LogP contribution is 2.16. The maximum Gasteiger partial charge on any atom is 0.191 e. The fourth-order valence-corrected chi connectivity index (χ4v) is 2.93. The van der Waals surface area contributed by atoms with Gasteiger partial charge in [-0.05, 0) is 26.3 Å². The Hall–Kier alpha value is -3.09. The molecular weight excluding hydrogens is 338 g/mol. The number of nitrogens with zero attached hydrogens (tertiary/aromatic N) is 4. The van der Waals surface area contributed by atoms with E-state index in [-0.39, 0.29) is 0 Å². The lowest BCUT2D eigenvalue weighted by Gasteiger charge is -2.10. The van der Waals surface area contributed by atoms with Crippen LogP contribution < -0.4 is 10.6 Å². The molecule has 0 aliphatic carbocycles. The molecule has 0 fully saturated rings. The van der Waals surface area contributed by atoms with Gasteiger partial charge in [0.2, 0.25) is 0 Å². The minimum absolute atomic E-state index is 0.573. The van der Waals surface area contributed by atoms with Crippen molar-refractivity contribution in [2.24, 2.45) is 12.0 Å². The molecule has 0 radical (unpaired) electrons. The maximum absolute atomic E-state index is 4.70. The van der Waals surface area contributed by atoms with Gasteiger partial charge < -0.3 is 15.6 Å². The van der Waals surface area contributed by atoms with Gasteiger partial charge in [0.15, 0.2) is 5.96 Å². The third-order valence-electron chi connectivity index (χ3n) is 4.53. The number of imidazole rings is 1. The average molecular weight is 365 g/mol. The molecule has 0 atom stereocenters. The van der Waals surface area contributed by atoms with E-state index in [0.29, 0.717) is 13.1 Å². The summed E-state index contributed by atoms with van der Waals surface area (Å²) in [4.78, 5) is 12.5. The predicted octanol–water partition coefficient (Wildman–Crippen LogP) is 2.68. The van der Waals surface area contributed by atoms with Gasteiger partial charge in [0, 0.05) is 24.8 Å². The Bertz CT molecular complexity index is 906. The van der Waals surface area contributed by atoms with E-state index in [9.17, 15) is 0 Å². The third-order valence-corrected chi connectivity index (χ3v) is 4.53. The van der Waals surface area contributed by atoms with E-state index in [1.165, 1.54) is 5.56 Å². The topological polar surface area (TPSA) is 82.9 Å². The SMILES string of the molecule is CCNC(=NCc1c(C)nn(C)c1C)NCc1ncc(-c2ccccc2)[nH]1. The number of rotatable bonds is 6. The van der Waals surface area contributed by atoms with Crippen LogP contribution in [0.1, 0.15) is 29.7 Å². The molecule has 0 saturated carbocycles. The zero-order chi connectivity index (χ0) is 19.2. The summed E-state index contributed by atoms with van der Waals surface area (Å²) in [7, 11) is 1.96.